The molecule has 1 atom stereocenters. The molecular weight excluding hydrogens is 343 g/mol. The number of nitrogens with one attached hydrogen (secondary N) is 1. The van der Waals surface area contributed by atoms with Gasteiger partial charge in [-0.25, -0.2) is 14.4 Å². The van der Waals surface area contributed by atoms with Gasteiger partial charge in [0.05, 0.1) is 11.4 Å². The molecule has 0 unspecified atom stereocenters. The minimum Gasteiger partial charge on any atom is -0.369 e. The second-order valence-corrected chi connectivity index (χ2v) is 6.41. The summed E-state index contributed by atoms with van der Waals surface area (Å²) in [6, 6.07) is 8.47. The van der Waals surface area contributed by atoms with Crippen LogP contribution in [0.5, 0.6) is 0 Å². The lowest BCUT2D eigenvalue weighted by atomic mass is 9.97. The zero-order valence-electron chi connectivity index (χ0n) is 15.3. The maximum atomic E-state index is 13.2. The monoisotopic (exact) mass is 366 g/mol. The molecule has 0 aliphatic heterocycles. The Hall–Kier alpha value is -2.93. The van der Waals surface area contributed by atoms with Crippen LogP contribution in [0, 0.1) is 5.82 Å². The Morgan fingerprint density at radius 1 is 1.11 bits per heavy atom. The third kappa shape index (κ3) is 5.52. The van der Waals surface area contributed by atoms with Gasteiger partial charge in [0.25, 0.3) is 0 Å². The van der Waals surface area contributed by atoms with Crippen molar-refractivity contribution < 1.29 is 4.39 Å². The highest BCUT2D eigenvalue weighted by molar-refractivity contribution is 5.37. The van der Waals surface area contributed by atoms with Crippen LogP contribution in [0.25, 0.3) is 0 Å². The zero-order chi connectivity index (χ0) is 19.1. The van der Waals surface area contributed by atoms with E-state index in [4.69, 9.17) is 10.7 Å². The number of halogens is 1. The third-order valence-corrected chi connectivity index (χ3v) is 4.18. The lowest BCUT2D eigenvalue weighted by Gasteiger charge is -2.14. The quantitative estimate of drug-likeness (QED) is 0.637. The van der Waals surface area contributed by atoms with E-state index in [1.54, 1.807) is 30.7 Å². The Balaban J connectivity index is 1.81. The van der Waals surface area contributed by atoms with Crippen LogP contribution < -0.4 is 11.1 Å². The number of hydrogen-bond donors (Lipinski definition) is 2. The summed E-state index contributed by atoms with van der Waals surface area (Å²) in [4.78, 5) is 17.7. The van der Waals surface area contributed by atoms with Crippen molar-refractivity contribution in [3.8, 4) is 0 Å². The summed E-state index contributed by atoms with van der Waals surface area (Å²) < 4.78 is 13.2. The summed E-state index contributed by atoms with van der Waals surface area (Å²) in [7, 11) is 0. The van der Waals surface area contributed by atoms with Crippen molar-refractivity contribution in [3.63, 3.8) is 0 Å². The van der Waals surface area contributed by atoms with Crippen molar-refractivity contribution >= 4 is 5.82 Å². The first-order valence-corrected chi connectivity index (χ1v) is 8.95. The molecule has 6 nitrogen and oxygen atoms in total. The van der Waals surface area contributed by atoms with Crippen LogP contribution in [-0.2, 0) is 12.8 Å². The Labute approximate surface area is 158 Å². The Bertz CT molecular complexity index is 854. The molecule has 0 saturated carbocycles. The molecule has 1 aromatic carbocycles. The molecule has 3 N–H and O–H groups in total. The predicted octanol–water partition coefficient (Wildman–Crippen LogP) is 2.71. The molecule has 140 valence electrons. The van der Waals surface area contributed by atoms with Gasteiger partial charge in [-0.15, -0.1) is 0 Å². The number of nitrogens with zero attached hydrogens (tertiary/aromatic N) is 4. The highest BCUT2D eigenvalue weighted by Gasteiger charge is 2.12. The molecule has 2 aromatic heterocycles. The van der Waals surface area contributed by atoms with Crippen LogP contribution in [0.15, 0.2) is 48.9 Å². The van der Waals surface area contributed by atoms with E-state index in [-0.39, 0.29) is 11.7 Å². The van der Waals surface area contributed by atoms with Crippen molar-refractivity contribution in [3.05, 3.63) is 77.5 Å². The molecule has 3 aromatic rings. The lowest BCUT2D eigenvalue weighted by molar-refractivity contribution is 0.624. The molecule has 3 rings (SSSR count). The molecule has 0 saturated heterocycles. The average molecular weight is 366 g/mol. The second kappa shape index (κ2) is 9.14. The molecule has 7 heteroatoms. The van der Waals surface area contributed by atoms with Crippen molar-refractivity contribution in [1.29, 1.82) is 0 Å². The summed E-state index contributed by atoms with van der Waals surface area (Å²) in [6.45, 7) is 3.23. The number of rotatable bonds is 8. The van der Waals surface area contributed by atoms with Crippen molar-refractivity contribution in [2.75, 3.05) is 18.4 Å². The smallest absolute Gasteiger partial charge is 0.131 e. The van der Waals surface area contributed by atoms with E-state index in [1.807, 2.05) is 6.07 Å². The minimum absolute atomic E-state index is 0.166. The summed E-state index contributed by atoms with van der Waals surface area (Å²) >= 11 is 0. The number of hydrogen-bond acceptors (Lipinski definition) is 6. The standard InChI is InChI=1S/C20H23FN6/c1-14(15-2-4-16(21)5-3-15)10-20-26-17(11-18-13-23-8-9-24-18)12-19(27-20)25-7-6-22/h2-5,8-9,12-14H,6-7,10-11,22H2,1H3,(H,25,26,27)/t14-/m1/s1. The number of nitrogens with two attached hydrogens (primary N) is 1. The highest BCUT2D eigenvalue weighted by atomic mass is 19.1. The normalized spacial score (nSPS) is 12.0. The van der Waals surface area contributed by atoms with Crippen molar-refractivity contribution in [1.82, 2.24) is 19.9 Å². The van der Waals surface area contributed by atoms with Gasteiger partial charge in [-0.3, -0.25) is 9.97 Å². The van der Waals surface area contributed by atoms with E-state index < -0.39 is 0 Å². The highest BCUT2D eigenvalue weighted by Crippen LogP contribution is 2.20. The molecule has 0 radical (unpaired) electrons. The van der Waals surface area contributed by atoms with E-state index in [1.165, 1.54) is 12.1 Å². The van der Waals surface area contributed by atoms with Crippen LogP contribution >= 0.6 is 0 Å². The van der Waals surface area contributed by atoms with Gasteiger partial charge in [0.1, 0.15) is 17.5 Å². The molecule has 0 fully saturated rings. The van der Waals surface area contributed by atoms with E-state index in [0.717, 1.165) is 28.6 Å². The fourth-order valence-corrected chi connectivity index (χ4v) is 2.81. The SMILES string of the molecule is C[C@H](Cc1nc(Cc2cnccn2)cc(NCCN)n1)c1ccc(F)cc1. The Morgan fingerprint density at radius 2 is 1.93 bits per heavy atom. The van der Waals surface area contributed by atoms with Gasteiger partial charge in [0, 0.05) is 50.6 Å². The molecular formula is C20H23FN6. The molecule has 2 heterocycles. The fourth-order valence-electron chi connectivity index (χ4n) is 2.81. The van der Waals surface area contributed by atoms with Crippen LogP contribution in [0.4, 0.5) is 10.2 Å². The van der Waals surface area contributed by atoms with Crippen LogP contribution in [0.2, 0.25) is 0 Å². The largest absolute Gasteiger partial charge is 0.369 e. The van der Waals surface area contributed by atoms with Crippen LogP contribution in [-0.4, -0.2) is 33.0 Å². The molecule has 27 heavy (non-hydrogen) atoms. The Kier molecular flexibility index (Phi) is 6.38. The maximum Gasteiger partial charge on any atom is 0.131 e. The van der Waals surface area contributed by atoms with Gasteiger partial charge in [-0.2, -0.15) is 0 Å². The van der Waals surface area contributed by atoms with Gasteiger partial charge in [0.2, 0.25) is 0 Å². The van der Waals surface area contributed by atoms with Gasteiger partial charge in [-0.1, -0.05) is 19.1 Å². The van der Waals surface area contributed by atoms with Crippen LogP contribution in [0.3, 0.4) is 0 Å². The second-order valence-electron chi connectivity index (χ2n) is 6.41. The first-order chi connectivity index (χ1) is 13.1. The van der Waals surface area contributed by atoms with E-state index in [9.17, 15) is 4.39 Å². The maximum absolute atomic E-state index is 13.2. The fraction of sp³-hybridized carbons (Fsp3) is 0.300. The van der Waals surface area contributed by atoms with Gasteiger partial charge in [-0.05, 0) is 23.6 Å². The molecule has 0 aliphatic carbocycles. The number of anilines is 1. The van der Waals surface area contributed by atoms with Gasteiger partial charge in [0.15, 0.2) is 0 Å². The Morgan fingerprint density at radius 3 is 2.63 bits per heavy atom. The first kappa shape index (κ1) is 18.8. The number of aromatic nitrogens is 4. The summed E-state index contributed by atoms with van der Waals surface area (Å²) in [5, 5.41) is 3.22. The predicted molar refractivity (Wildman–Crippen MR) is 103 cm³/mol. The molecule has 0 amide bonds. The average Bonchev–Trinajstić information content (AvgIpc) is 2.67. The lowest BCUT2D eigenvalue weighted by Crippen LogP contribution is -2.15. The van der Waals surface area contributed by atoms with Crippen molar-refractivity contribution in [2.24, 2.45) is 5.73 Å². The topological polar surface area (TPSA) is 89.6 Å². The van der Waals surface area contributed by atoms with E-state index >= 15 is 0 Å². The first-order valence-electron chi connectivity index (χ1n) is 8.95. The van der Waals surface area contributed by atoms with E-state index in [2.05, 4.69) is 27.2 Å². The van der Waals surface area contributed by atoms with Crippen molar-refractivity contribution in [2.45, 2.75) is 25.7 Å². The number of benzene rings is 1. The van der Waals surface area contributed by atoms with Crippen LogP contribution in [0.1, 0.15) is 35.6 Å². The third-order valence-electron chi connectivity index (χ3n) is 4.18. The van der Waals surface area contributed by atoms with E-state index in [0.29, 0.717) is 25.9 Å². The molecule has 0 bridgehead atoms. The summed E-state index contributed by atoms with van der Waals surface area (Å²) in [6.07, 6.45) is 6.27. The summed E-state index contributed by atoms with van der Waals surface area (Å²) in [5.41, 5.74) is 8.35. The molecule has 0 spiro atoms. The van der Waals surface area contributed by atoms with Gasteiger partial charge >= 0.3 is 0 Å². The molecule has 0 aliphatic rings. The minimum atomic E-state index is -0.235. The van der Waals surface area contributed by atoms with Gasteiger partial charge < -0.3 is 11.1 Å². The summed E-state index contributed by atoms with van der Waals surface area (Å²) in [5.74, 6) is 1.41. The zero-order valence-corrected chi connectivity index (χ0v) is 15.3.